The summed E-state index contributed by atoms with van der Waals surface area (Å²) in [5.74, 6) is -1.04. The van der Waals surface area contributed by atoms with E-state index in [9.17, 15) is 19.5 Å². The van der Waals surface area contributed by atoms with Gasteiger partial charge in [-0.1, -0.05) is 71.6 Å². The van der Waals surface area contributed by atoms with Crippen molar-refractivity contribution in [1.29, 1.82) is 0 Å². The first kappa shape index (κ1) is 31.3. The second kappa shape index (κ2) is 15.4. The second-order valence-electron chi connectivity index (χ2n) is 10.6. The first-order valence-corrected chi connectivity index (χ1v) is 13.3. The van der Waals surface area contributed by atoms with Gasteiger partial charge in [-0.15, -0.1) is 0 Å². The predicted molar refractivity (Wildman–Crippen MR) is 143 cm³/mol. The molecule has 0 aromatic heterocycles. The molecule has 0 aliphatic carbocycles. The van der Waals surface area contributed by atoms with Gasteiger partial charge in [0.25, 0.3) is 0 Å². The fraction of sp³-hybridized carbons (Fsp3) is 0.679. The van der Waals surface area contributed by atoms with E-state index in [4.69, 9.17) is 4.74 Å². The van der Waals surface area contributed by atoms with Crippen molar-refractivity contribution >= 4 is 17.9 Å². The largest absolute Gasteiger partial charge is 0.508 e. The number of para-hydroxylation sites is 1. The van der Waals surface area contributed by atoms with E-state index < -0.39 is 23.8 Å². The van der Waals surface area contributed by atoms with Crippen LogP contribution < -0.4 is 10.6 Å². The molecule has 1 aromatic carbocycles. The molecule has 1 rings (SSSR count). The predicted octanol–water partition coefficient (Wildman–Crippen LogP) is 5.31. The topological polar surface area (TPSA) is 108 Å². The number of unbranched alkanes of at least 4 members (excludes halogenated alkanes) is 4. The summed E-state index contributed by atoms with van der Waals surface area (Å²) in [6.07, 6.45) is 4.65. The first-order valence-electron chi connectivity index (χ1n) is 13.3. The fourth-order valence-electron chi connectivity index (χ4n) is 3.88. The van der Waals surface area contributed by atoms with Gasteiger partial charge in [0.2, 0.25) is 11.8 Å². The third kappa shape index (κ3) is 10.5. The van der Waals surface area contributed by atoms with E-state index in [0.717, 1.165) is 32.1 Å². The number of carbonyl (C=O) groups is 3. The average Bonchev–Trinajstić information content (AvgIpc) is 2.79. The van der Waals surface area contributed by atoms with Crippen LogP contribution >= 0.6 is 0 Å². The van der Waals surface area contributed by atoms with Gasteiger partial charge in [-0.05, 0) is 45.6 Å². The van der Waals surface area contributed by atoms with Gasteiger partial charge in [0, 0.05) is 18.7 Å². The molecule has 0 heterocycles. The number of benzene rings is 1. The van der Waals surface area contributed by atoms with E-state index in [-0.39, 0.29) is 23.5 Å². The van der Waals surface area contributed by atoms with Crippen molar-refractivity contribution in [2.24, 2.45) is 5.92 Å². The van der Waals surface area contributed by atoms with Crippen LogP contribution in [0.4, 0.5) is 4.79 Å². The van der Waals surface area contributed by atoms with Crippen LogP contribution in [0.1, 0.15) is 98.6 Å². The van der Waals surface area contributed by atoms with Crippen molar-refractivity contribution in [3.8, 4) is 5.75 Å². The second-order valence-corrected chi connectivity index (χ2v) is 10.6. The molecule has 0 spiro atoms. The van der Waals surface area contributed by atoms with Crippen molar-refractivity contribution in [3.63, 3.8) is 0 Å². The Morgan fingerprint density at radius 2 is 1.61 bits per heavy atom. The molecule has 1 aromatic rings. The molecule has 8 heteroatoms. The number of hydrogen-bond acceptors (Lipinski definition) is 5. The van der Waals surface area contributed by atoms with Crippen molar-refractivity contribution < 1.29 is 24.2 Å². The molecule has 2 unspecified atom stereocenters. The average molecular weight is 506 g/mol. The highest BCUT2D eigenvalue weighted by molar-refractivity contribution is 5.92. The molecule has 0 fully saturated rings. The lowest BCUT2D eigenvalue weighted by atomic mass is 9.97. The van der Waals surface area contributed by atoms with E-state index >= 15 is 0 Å². The zero-order chi connectivity index (χ0) is 27.3. The number of aromatic hydroxyl groups is 1. The SMILES string of the molecule is CCCCCNC(=O)C(c1ccccc1O)N(CCCCC)C(=O)C(NC(=O)OC(C)(C)C)C(C)C. The minimum Gasteiger partial charge on any atom is -0.508 e. The zero-order valence-corrected chi connectivity index (χ0v) is 23.2. The van der Waals surface area contributed by atoms with Gasteiger partial charge in [-0.3, -0.25) is 9.59 Å². The van der Waals surface area contributed by atoms with E-state index in [1.807, 2.05) is 13.8 Å². The summed E-state index contributed by atoms with van der Waals surface area (Å²) in [6.45, 7) is 13.9. The summed E-state index contributed by atoms with van der Waals surface area (Å²) in [7, 11) is 0. The summed E-state index contributed by atoms with van der Waals surface area (Å²) < 4.78 is 5.39. The zero-order valence-electron chi connectivity index (χ0n) is 23.2. The minimum absolute atomic E-state index is 0.0549. The molecule has 0 aliphatic heterocycles. The highest BCUT2D eigenvalue weighted by Gasteiger charge is 2.38. The summed E-state index contributed by atoms with van der Waals surface area (Å²) in [6, 6.07) is 4.67. The number of phenols is 1. The third-order valence-corrected chi connectivity index (χ3v) is 5.76. The Bertz CT molecular complexity index is 835. The monoisotopic (exact) mass is 505 g/mol. The van der Waals surface area contributed by atoms with Crippen LogP contribution in [0.15, 0.2) is 24.3 Å². The molecule has 0 aliphatic rings. The summed E-state index contributed by atoms with van der Waals surface area (Å²) in [5, 5.41) is 16.3. The lowest BCUT2D eigenvalue weighted by Crippen LogP contribution is -2.55. The Hall–Kier alpha value is -2.77. The van der Waals surface area contributed by atoms with Crippen molar-refractivity contribution in [2.45, 2.75) is 105 Å². The lowest BCUT2D eigenvalue weighted by molar-refractivity contribution is -0.143. The number of alkyl carbamates (subject to hydrolysis) is 1. The maximum Gasteiger partial charge on any atom is 0.408 e. The van der Waals surface area contributed by atoms with Gasteiger partial charge in [0.05, 0.1) is 0 Å². The van der Waals surface area contributed by atoms with Gasteiger partial charge < -0.3 is 25.4 Å². The number of phenolic OH excluding ortho intramolecular Hbond substituents is 1. The molecule has 3 N–H and O–H groups in total. The van der Waals surface area contributed by atoms with Crippen molar-refractivity contribution in [2.75, 3.05) is 13.1 Å². The first-order chi connectivity index (χ1) is 16.9. The van der Waals surface area contributed by atoms with E-state index in [2.05, 4.69) is 24.5 Å². The van der Waals surface area contributed by atoms with Crippen LogP contribution in [0, 0.1) is 5.92 Å². The van der Waals surface area contributed by atoms with Crippen LogP contribution in [0.5, 0.6) is 5.75 Å². The number of carbonyl (C=O) groups excluding carboxylic acids is 3. The highest BCUT2D eigenvalue weighted by atomic mass is 16.6. The molecule has 0 radical (unpaired) electrons. The minimum atomic E-state index is -1.03. The number of nitrogens with zero attached hydrogens (tertiary/aromatic N) is 1. The molecule has 0 bridgehead atoms. The number of ether oxygens (including phenoxy) is 1. The van der Waals surface area contributed by atoms with Gasteiger partial charge in [0.15, 0.2) is 0 Å². The Morgan fingerprint density at radius 1 is 1.00 bits per heavy atom. The van der Waals surface area contributed by atoms with Crippen molar-refractivity contribution in [1.82, 2.24) is 15.5 Å². The van der Waals surface area contributed by atoms with Gasteiger partial charge in [-0.25, -0.2) is 4.79 Å². The molecular weight excluding hydrogens is 458 g/mol. The van der Waals surface area contributed by atoms with E-state index in [0.29, 0.717) is 25.1 Å². The maximum atomic E-state index is 14.0. The maximum absolute atomic E-state index is 14.0. The van der Waals surface area contributed by atoms with Crippen LogP contribution in [-0.4, -0.2) is 52.6 Å². The van der Waals surface area contributed by atoms with Crippen molar-refractivity contribution in [3.05, 3.63) is 29.8 Å². The highest BCUT2D eigenvalue weighted by Crippen LogP contribution is 2.30. The molecular formula is C28H47N3O5. The molecule has 0 saturated carbocycles. The number of nitrogens with one attached hydrogen (secondary N) is 2. The van der Waals surface area contributed by atoms with Gasteiger partial charge >= 0.3 is 6.09 Å². The van der Waals surface area contributed by atoms with Crippen LogP contribution in [-0.2, 0) is 14.3 Å². The van der Waals surface area contributed by atoms with Gasteiger partial charge in [0.1, 0.15) is 23.4 Å². The molecule has 2 atom stereocenters. The molecule has 36 heavy (non-hydrogen) atoms. The summed E-state index contributed by atoms with van der Waals surface area (Å²) >= 11 is 0. The van der Waals surface area contributed by atoms with E-state index in [1.54, 1.807) is 39.0 Å². The quantitative estimate of drug-likeness (QED) is 0.297. The smallest absolute Gasteiger partial charge is 0.408 e. The number of hydrogen-bond donors (Lipinski definition) is 3. The third-order valence-electron chi connectivity index (χ3n) is 5.76. The fourth-order valence-corrected chi connectivity index (χ4v) is 3.88. The molecule has 204 valence electrons. The molecule has 0 saturated heterocycles. The Morgan fingerprint density at radius 3 is 2.17 bits per heavy atom. The summed E-state index contributed by atoms with van der Waals surface area (Å²) in [4.78, 5) is 41.6. The Balaban J connectivity index is 3.40. The van der Waals surface area contributed by atoms with Gasteiger partial charge in [-0.2, -0.15) is 0 Å². The normalized spacial score (nSPS) is 13.1. The molecule has 8 nitrogen and oxygen atoms in total. The Labute approximate surface area is 217 Å². The standard InChI is InChI=1S/C28H47N3O5/c1-8-10-14-18-29-25(33)24(21-16-12-13-17-22(21)32)31(19-15-11-9-2)26(34)23(20(3)4)30-27(35)36-28(5,6)7/h12-13,16-17,20,23-24,32H,8-11,14-15,18-19H2,1-7H3,(H,29,33)(H,30,35). The number of amides is 3. The Kier molecular flexibility index (Phi) is 13.3. The summed E-state index contributed by atoms with van der Waals surface area (Å²) in [5.41, 5.74) is -0.359. The lowest BCUT2D eigenvalue weighted by Gasteiger charge is -2.36. The molecule has 3 amide bonds. The van der Waals surface area contributed by atoms with Crippen LogP contribution in [0.3, 0.4) is 0 Å². The van der Waals surface area contributed by atoms with Crippen LogP contribution in [0.2, 0.25) is 0 Å². The number of rotatable bonds is 14. The van der Waals surface area contributed by atoms with Crippen LogP contribution in [0.25, 0.3) is 0 Å². The van der Waals surface area contributed by atoms with E-state index in [1.165, 1.54) is 11.0 Å².